The minimum Gasteiger partial charge on any atom is -0.376 e. The van der Waals surface area contributed by atoms with E-state index in [0.717, 1.165) is 28.9 Å². The van der Waals surface area contributed by atoms with Gasteiger partial charge in [0.1, 0.15) is 0 Å². The third-order valence-corrected chi connectivity index (χ3v) is 5.21. The van der Waals surface area contributed by atoms with Gasteiger partial charge < -0.3 is 11.1 Å². The summed E-state index contributed by atoms with van der Waals surface area (Å²) in [5.41, 5.74) is 8.72. The Morgan fingerprint density at radius 1 is 1.39 bits per heavy atom. The van der Waals surface area contributed by atoms with Crippen LogP contribution in [0.5, 0.6) is 0 Å². The number of nitrogens with one attached hydrogen (secondary N) is 1. The summed E-state index contributed by atoms with van der Waals surface area (Å²) in [5.74, 6) is 0. The van der Waals surface area contributed by atoms with Crippen LogP contribution in [0.25, 0.3) is 10.8 Å². The largest absolute Gasteiger partial charge is 0.376 e. The van der Waals surface area contributed by atoms with Gasteiger partial charge >= 0.3 is 0 Å². The summed E-state index contributed by atoms with van der Waals surface area (Å²) in [6.45, 7) is 7.72. The van der Waals surface area contributed by atoms with E-state index in [1.165, 1.54) is 0 Å². The Balaban J connectivity index is 1.89. The second-order valence-corrected chi connectivity index (χ2v) is 7.22. The van der Waals surface area contributed by atoms with Gasteiger partial charge in [0.2, 0.25) is 0 Å². The van der Waals surface area contributed by atoms with E-state index in [1.54, 1.807) is 0 Å². The second kappa shape index (κ2) is 4.72. The molecule has 2 unspecified atom stereocenters. The first kappa shape index (κ1) is 14.5. The van der Waals surface area contributed by atoms with Gasteiger partial charge in [-0.15, -0.1) is 10.2 Å². The van der Waals surface area contributed by atoms with Crippen molar-refractivity contribution in [2.24, 2.45) is 5.73 Å². The fourth-order valence-electron chi connectivity index (χ4n) is 3.64. The number of nitrogens with two attached hydrogens (primary N) is 1. The summed E-state index contributed by atoms with van der Waals surface area (Å²) >= 11 is 0. The number of aromatic nitrogens is 2. The van der Waals surface area contributed by atoms with Crippen molar-refractivity contribution >= 4 is 16.5 Å². The summed E-state index contributed by atoms with van der Waals surface area (Å²) in [5, 5.41) is 13.4. The van der Waals surface area contributed by atoms with Crippen molar-refractivity contribution < 1.29 is 0 Å². The Morgan fingerprint density at radius 3 is 2.91 bits per heavy atom. The van der Waals surface area contributed by atoms with Gasteiger partial charge in [-0.3, -0.25) is 9.69 Å². The molecule has 0 spiro atoms. The molecule has 0 amide bonds. The van der Waals surface area contributed by atoms with Gasteiger partial charge in [-0.05, 0) is 32.9 Å². The molecule has 0 radical (unpaired) electrons. The summed E-state index contributed by atoms with van der Waals surface area (Å²) in [7, 11) is 0. The molecule has 6 heteroatoms. The van der Waals surface area contributed by atoms with Crippen LogP contribution in [0.1, 0.15) is 38.1 Å². The molecule has 0 saturated heterocycles. The Labute approximate surface area is 134 Å². The highest BCUT2D eigenvalue weighted by atomic mass is 16.1. The molecule has 3 N–H and O–H groups in total. The summed E-state index contributed by atoms with van der Waals surface area (Å²) < 4.78 is 0. The lowest BCUT2D eigenvalue weighted by Crippen LogP contribution is -2.55. The van der Waals surface area contributed by atoms with E-state index in [4.69, 9.17) is 5.73 Å². The molecule has 1 aromatic heterocycles. The van der Waals surface area contributed by atoms with Crippen LogP contribution >= 0.6 is 0 Å². The molecular weight excluding hydrogens is 290 g/mol. The molecule has 0 saturated carbocycles. The zero-order chi connectivity index (χ0) is 16.4. The lowest BCUT2D eigenvalue weighted by molar-refractivity contribution is 0.125. The molecule has 2 atom stereocenters. The van der Waals surface area contributed by atoms with Gasteiger partial charge in [0, 0.05) is 41.3 Å². The van der Waals surface area contributed by atoms with Crippen molar-refractivity contribution in [3.8, 4) is 0 Å². The van der Waals surface area contributed by atoms with Crippen LogP contribution in [0.3, 0.4) is 0 Å². The molecular formula is C17H21N5O. The van der Waals surface area contributed by atoms with E-state index in [2.05, 4.69) is 27.3 Å². The monoisotopic (exact) mass is 311 g/mol. The zero-order valence-electron chi connectivity index (χ0n) is 13.6. The number of hydrogen-bond acceptors (Lipinski definition) is 6. The highest BCUT2D eigenvalue weighted by molar-refractivity contribution is 5.99. The molecule has 1 aromatic carbocycles. The van der Waals surface area contributed by atoms with Crippen LogP contribution < -0.4 is 16.6 Å². The van der Waals surface area contributed by atoms with Crippen LogP contribution in [0.4, 0.5) is 5.69 Å². The Morgan fingerprint density at radius 2 is 2.17 bits per heavy atom. The smallest absolute Gasteiger partial charge is 0.296 e. The van der Waals surface area contributed by atoms with Crippen molar-refractivity contribution in [3.05, 3.63) is 39.8 Å². The van der Waals surface area contributed by atoms with Gasteiger partial charge in [-0.2, -0.15) is 0 Å². The maximum Gasteiger partial charge on any atom is 0.296 e. The van der Waals surface area contributed by atoms with Crippen LogP contribution in [0.15, 0.2) is 23.0 Å². The number of anilines is 1. The SMILES string of the molecule is CC(N1Cc2nnc(=O)c3cccc4c3c2C(C1)N4)C(C)(C)N. The standard InChI is InChI=1S/C17H21N5O/c1-9(17(2,3)18)22-7-12-15-13(8-22)20-21-16(23)10-5-4-6-11(19-12)14(10)15/h4-6,9,12,19H,7-8,18H2,1-3H3. The van der Waals surface area contributed by atoms with Gasteiger partial charge in [-0.1, -0.05) is 6.07 Å². The number of benzene rings is 1. The van der Waals surface area contributed by atoms with Crippen LogP contribution in [0.2, 0.25) is 0 Å². The second-order valence-electron chi connectivity index (χ2n) is 7.22. The topological polar surface area (TPSA) is 84.1 Å². The van der Waals surface area contributed by atoms with Gasteiger partial charge in [0.15, 0.2) is 0 Å². The van der Waals surface area contributed by atoms with Crippen molar-refractivity contribution in [3.63, 3.8) is 0 Å². The number of hydrogen-bond donors (Lipinski definition) is 2. The lowest BCUT2D eigenvalue weighted by Gasteiger charge is -2.41. The lowest BCUT2D eigenvalue weighted by atomic mass is 9.92. The molecule has 2 aliphatic rings. The molecule has 0 aliphatic carbocycles. The summed E-state index contributed by atoms with van der Waals surface area (Å²) in [6, 6.07) is 6.06. The maximum atomic E-state index is 12.2. The first-order chi connectivity index (χ1) is 10.9. The Bertz CT molecular complexity index is 858. The average molecular weight is 311 g/mol. The van der Waals surface area contributed by atoms with E-state index in [9.17, 15) is 4.79 Å². The average Bonchev–Trinajstić information content (AvgIpc) is 2.81. The van der Waals surface area contributed by atoms with Gasteiger partial charge in [0.05, 0.1) is 17.1 Å². The van der Waals surface area contributed by atoms with Gasteiger partial charge in [0.25, 0.3) is 5.56 Å². The van der Waals surface area contributed by atoms with E-state index >= 15 is 0 Å². The zero-order valence-corrected chi connectivity index (χ0v) is 13.6. The molecule has 3 heterocycles. The fourth-order valence-corrected chi connectivity index (χ4v) is 3.64. The van der Waals surface area contributed by atoms with Crippen molar-refractivity contribution in [2.75, 3.05) is 11.9 Å². The van der Waals surface area contributed by atoms with Crippen molar-refractivity contribution in [1.82, 2.24) is 15.1 Å². The third-order valence-electron chi connectivity index (χ3n) is 5.21. The number of nitrogens with zero attached hydrogens (tertiary/aromatic N) is 3. The normalized spacial score (nSPS) is 21.3. The minimum absolute atomic E-state index is 0.129. The van der Waals surface area contributed by atoms with Crippen LogP contribution in [0, 0.1) is 0 Å². The maximum absolute atomic E-state index is 12.2. The fraction of sp³-hybridized carbons (Fsp3) is 0.471. The molecule has 120 valence electrons. The van der Waals surface area contributed by atoms with E-state index in [-0.39, 0.29) is 23.2 Å². The molecule has 2 aliphatic heterocycles. The highest BCUT2D eigenvalue weighted by Gasteiger charge is 2.37. The summed E-state index contributed by atoms with van der Waals surface area (Å²) in [4.78, 5) is 14.6. The van der Waals surface area contributed by atoms with E-state index in [1.807, 2.05) is 32.0 Å². The van der Waals surface area contributed by atoms with Crippen molar-refractivity contribution in [1.29, 1.82) is 0 Å². The molecule has 0 fully saturated rings. The molecule has 4 rings (SSSR count). The number of rotatable bonds is 2. The summed E-state index contributed by atoms with van der Waals surface area (Å²) in [6.07, 6.45) is 0. The Hall–Kier alpha value is -2.05. The molecule has 6 nitrogen and oxygen atoms in total. The molecule has 23 heavy (non-hydrogen) atoms. The first-order valence-electron chi connectivity index (χ1n) is 7.98. The first-order valence-corrected chi connectivity index (χ1v) is 7.98. The van der Waals surface area contributed by atoms with E-state index in [0.29, 0.717) is 11.9 Å². The predicted octanol–water partition coefficient (Wildman–Crippen LogP) is 1.40. The minimum atomic E-state index is -0.313. The third kappa shape index (κ3) is 2.13. The predicted molar refractivity (Wildman–Crippen MR) is 90.3 cm³/mol. The highest BCUT2D eigenvalue weighted by Crippen LogP contribution is 2.42. The quantitative estimate of drug-likeness (QED) is 0.872. The van der Waals surface area contributed by atoms with Crippen LogP contribution in [-0.4, -0.2) is 33.2 Å². The van der Waals surface area contributed by atoms with Gasteiger partial charge in [-0.25, -0.2) is 0 Å². The molecule has 0 bridgehead atoms. The molecule has 2 aromatic rings. The van der Waals surface area contributed by atoms with Crippen molar-refractivity contribution in [2.45, 2.75) is 44.9 Å². The Kier molecular flexibility index (Phi) is 2.98. The van der Waals surface area contributed by atoms with Crippen LogP contribution in [-0.2, 0) is 6.54 Å². The van der Waals surface area contributed by atoms with E-state index < -0.39 is 0 Å².